The van der Waals surface area contributed by atoms with Crippen LogP contribution in [0.4, 0.5) is 4.79 Å². The van der Waals surface area contributed by atoms with Gasteiger partial charge >= 0.3 is 12.1 Å². The van der Waals surface area contributed by atoms with Crippen LogP contribution in [0.25, 0.3) is 0 Å². The van der Waals surface area contributed by atoms with E-state index in [4.69, 9.17) is 21.1 Å². The predicted molar refractivity (Wildman–Crippen MR) is 110 cm³/mol. The number of carbonyl (C=O) groups excluding carboxylic acids is 3. The standard InChI is InChI=1S/C21H23ClN2O6/c1-29-20(27)17(11-14-7-9-16(22)10-8-14)23-19(26)18(12-25)24-21(28)30-13-15-5-3-2-4-6-15/h2-10,17-18,25H,11-13H2,1H3,(H,23,26)(H,24,28)/t17-,18-/m0/s1. The third-order valence-corrected chi connectivity index (χ3v) is 4.41. The van der Waals surface area contributed by atoms with Crippen LogP contribution >= 0.6 is 11.6 Å². The van der Waals surface area contributed by atoms with E-state index < -0.39 is 36.7 Å². The minimum absolute atomic E-state index is 0.00773. The largest absolute Gasteiger partial charge is 0.467 e. The molecular weight excluding hydrogens is 412 g/mol. The molecule has 0 aromatic heterocycles. The molecule has 0 saturated heterocycles. The van der Waals surface area contributed by atoms with Gasteiger partial charge < -0.3 is 25.2 Å². The molecule has 0 fully saturated rings. The summed E-state index contributed by atoms with van der Waals surface area (Å²) in [5.41, 5.74) is 1.51. The highest BCUT2D eigenvalue weighted by Gasteiger charge is 2.27. The van der Waals surface area contributed by atoms with E-state index >= 15 is 0 Å². The van der Waals surface area contributed by atoms with Crippen molar-refractivity contribution in [3.05, 3.63) is 70.7 Å². The quantitative estimate of drug-likeness (QED) is 0.519. The molecule has 0 spiro atoms. The molecule has 0 bridgehead atoms. The monoisotopic (exact) mass is 434 g/mol. The number of carbonyl (C=O) groups is 3. The Labute approximate surface area is 179 Å². The minimum Gasteiger partial charge on any atom is -0.467 e. The highest BCUT2D eigenvalue weighted by molar-refractivity contribution is 6.30. The number of alkyl carbamates (subject to hydrolysis) is 1. The lowest BCUT2D eigenvalue weighted by Crippen LogP contribution is -2.54. The van der Waals surface area contributed by atoms with E-state index in [0.29, 0.717) is 5.02 Å². The van der Waals surface area contributed by atoms with Gasteiger partial charge in [0.2, 0.25) is 5.91 Å². The van der Waals surface area contributed by atoms with Crippen molar-refractivity contribution in [1.82, 2.24) is 10.6 Å². The third-order valence-electron chi connectivity index (χ3n) is 4.16. The van der Waals surface area contributed by atoms with Gasteiger partial charge in [-0.25, -0.2) is 9.59 Å². The van der Waals surface area contributed by atoms with E-state index in [1.54, 1.807) is 48.5 Å². The van der Waals surface area contributed by atoms with Gasteiger partial charge in [0.25, 0.3) is 0 Å². The van der Waals surface area contributed by atoms with Crippen LogP contribution in [0.3, 0.4) is 0 Å². The number of ether oxygens (including phenoxy) is 2. The van der Waals surface area contributed by atoms with Crippen LogP contribution in [-0.4, -0.2) is 48.9 Å². The number of esters is 1. The summed E-state index contributed by atoms with van der Waals surface area (Å²) in [6.07, 6.45) is -0.730. The fraction of sp³-hybridized carbons (Fsp3) is 0.286. The Morgan fingerprint density at radius 1 is 0.967 bits per heavy atom. The molecule has 3 N–H and O–H groups in total. The molecule has 0 aliphatic carbocycles. The van der Waals surface area contributed by atoms with Gasteiger partial charge in [0.1, 0.15) is 18.7 Å². The minimum atomic E-state index is -1.30. The zero-order valence-corrected chi connectivity index (χ0v) is 17.1. The molecule has 0 aliphatic heterocycles. The Balaban J connectivity index is 1.94. The number of benzene rings is 2. The van der Waals surface area contributed by atoms with Crippen LogP contribution in [0.15, 0.2) is 54.6 Å². The van der Waals surface area contributed by atoms with Gasteiger partial charge in [-0.3, -0.25) is 4.79 Å². The Hall–Kier alpha value is -3.10. The molecule has 2 amide bonds. The van der Waals surface area contributed by atoms with Crippen molar-refractivity contribution in [2.24, 2.45) is 0 Å². The first-order chi connectivity index (χ1) is 14.4. The lowest BCUT2D eigenvalue weighted by Gasteiger charge is -2.21. The molecule has 0 heterocycles. The molecule has 0 unspecified atom stereocenters. The van der Waals surface area contributed by atoms with Gasteiger partial charge in [-0.15, -0.1) is 0 Å². The van der Waals surface area contributed by atoms with E-state index in [0.717, 1.165) is 11.1 Å². The predicted octanol–water partition coefficient (Wildman–Crippen LogP) is 1.83. The molecule has 30 heavy (non-hydrogen) atoms. The highest BCUT2D eigenvalue weighted by atomic mass is 35.5. The molecule has 2 rings (SSSR count). The summed E-state index contributed by atoms with van der Waals surface area (Å²) in [4.78, 5) is 36.5. The number of aliphatic hydroxyl groups is 1. The summed E-state index contributed by atoms with van der Waals surface area (Å²) in [7, 11) is 1.20. The second-order valence-electron chi connectivity index (χ2n) is 6.36. The van der Waals surface area contributed by atoms with Crippen molar-refractivity contribution >= 4 is 29.6 Å². The number of halogens is 1. The average Bonchev–Trinajstić information content (AvgIpc) is 2.77. The van der Waals surface area contributed by atoms with Crippen LogP contribution < -0.4 is 10.6 Å². The Kier molecular flexibility index (Phi) is 9.11. The molecule has 2 atom stereocenters. The second kappa shape index (κ2) is 11.8. The number of methoxy groups -OCH3 is 1. The van der Waals surface area contributed by atoms with E-state index in [9.17, 15) is 19.5 Å². The number of aliphatic hydroxyl groups excluding tert-OH is 1. The first kappa shape index (κ1) is 23.2. The van der Waals surface area contributed by atoms with Crippen LogP contribution in [-0.2, 0) is 32.1 Å². The van der Waals surface area contributed by atoms with Crippen molar-refractivity contribution in [2.75, 3.05) is 13.7 Å². The Morgan fingerprint density at radius 2 is 1.63 bits per heavy atom. The van der Waals surface area contributed by atoms with E-state index in [1.807, 2.05) is 6.07 Å². The maximum absolute atomic E-state index is 12.5. The van der Waals surface area contributed by atoms with Crippen LogP contribution in [0.5, 0.6) is 0 Å². The van der Waals surface area contributed by atoms with Gasteiger partial charge in [0.15, 0.2) is 0 Å². The van der Waals surface area contributed by atoms with E-state index in [-0.39, 0.29) is 13.0 Å². The summed E-state index contributed by atoms with van der Waals surface area (Å²) in [5, 5.41) is 14.8. The number of hydrogen-bond donors (Lipinski definition) is 3. The second-order valence-corrected chi connectivity index (χ2v) is 6.79. The molecule has 2 aromatic rings. The number of hydrogen-bond acceptors (Lipinski definition) is 6. The smallest absolute Gasteiger partial charge is 0.408 e. The third kappa shape index (κ3) is 7.38. The fourth-order valence-corrected chi connectivity index (χ4v) is 2.69. The Morgan fingerprint density at radius 3 is 2.23 bits per heavy atom. The maximum Gasteiger partial charge on any atom is 0.408 e. The molecule has 160 valence electrons. The number of amides is 2. The molecule has 9 heteroatoms. The molecule has 0 radical (unpaired) electrons. The Bertz CT molecular complexity index is 844. The van der Waals surface area contributed by atoms with Gasteiger partial charge in [0, 0.05) is 11.4 Å². The highest BCUT2D eigenvalue weighted by Crippen LogP contribution is 2.12. The van der Waals surface area contributed by atoms with Gasteiger partial charge in [0.05, 0.1) is 13.7 Å². The molecule has 2 aromatic carbocycles. The SMILES string of the molecule is COC(=O)[C@H](Cc1ccc(Cl)cc1)NC(=O)[C@H](CO)NC(=O)OCc1ccccc1. The van der Waals surface area contributed by atoms with Crippen molar-refractivity contribution in [1.29, 1.82) is 0 Å². The van der Waals surface area contributed by atoms with Crippen molar-refractivity contribution in [3.8, 4) is 0 Å². The first-order valence-electron chi connectivity index (χ1n) is 9.13. The first-order valence-corrected chi connectivity index (χ1v) is 9.51. The van der Waals surface area contributed by atoms with E-state index in [2.05, 4.69) is 10.6 Å². The molecular formula is C21H23ClN2O6. The zero-order valence-electron chi connectivity index (χ0n) is 16.3. The van der Waals surface area contributed by atoms with E-state index in [1.165, 1.54) is 7.11 Å². The molecule has 0 aliphatic rings. The summed E-state index contributed by atoms with van der Waals surface area (Å²) in [6, 6.07) is 13.4. The van der Waals surface area contributed by atoms with Crippen LogP contribution in [0.1, 0.15) is 11.1 Å². The van der Waals surface area contributed by atoms with Crippen LogP contribution in [0.2, 0.25) is 5.02 Å². The normalized spacial score (nSPS) is 12.4. The summed E-state index contributed by atoms with van der Waals surface area (Å²) in [5.74, 6) is -1.42. The summed E-state index contributed by atoms with van der Waals surface area (Å²) >= 11 is 5.85. The van der Waals surface area contributed by atoms with Crippen molar-refractivity contribution in [2.45, 2.75) is 25.1 Å². The maximum atomic E-state index is 12.5. The van der Waals surface area contributed by atoms with Crippen LogP contribution in [0, 0.1) is 0 Å². The number of rotatable bonds is 9. The molecule has 8 nitrogen and oxygen atoms in total. The summed E-state index contributed by atoms with van der Waals surface area (Å²) < 4.78 is 9.78. The van der Waals surface area contributed by atoms with Gasteiger partial charge in [-0.05, 0) is 23.3 Å². The zero-order chi connectivity index (χ0) is 21.9. The van der Waals surface area contributed by atoms with Crippen molar-refractivity contribution in [3.63, 3.8) is 0 Å². The van der Waals surface area contributed by atoms with Crippen molar-refractivity contribution < 1.29 is 29.0 Å². The topological polar surface area (TPSA) is 114 Å². The lowest BCUT2D eigenvalue weighted by atomic mass is 10.1. The number of nitrogens with one attached hydrogen (secondary N) is 2. The molecule has 0 saturated carbocycles. The van der Waals surface area contributed by atoms with Gasteiger partial charge in [-0.1, -0.05) is 54.1 Å². The fourth-order valence-electron chi connectivity index (χ4n) is 2.57. The van der Waals surface area contributed by atoms with Gasteiger partial charge in [-0.2, -0.15) is 0 Å². The average molecular weight is 435 g/mol. The lowest BCUT2D eigenvalue weighted by molar-refractivity contribution is -0.145. The summed E-state index contributed by atoms with van der Waals surface area (Å²) in [6.45, 7) is -0.672.